The second kappa shape index (κ2) is 3.58. The van der Waals surface area contributed by atoms with Gasteiger partial charge >= 0.3 is 0 Å². The van der Waals surface area contributed by atoms with Crippen molar-refractivity contribution >= 4 is 22.6 Å². The molecule has 0 aliphatic heterocycles. The van der Waals surface area contributed by atoms with Crippen LogP contribution in [0.25, 0.3) is 11.0 Å². The zero-order chi connectivity index (χ0) is 10.1. The van der Waals surface area contributed by atoms with Crippen molar-refractivity contribution in [2.45, 2.75) is 6.42 Å². The summed E-state index contributed by atoms with van der Waals surface area (Å²) in [6.07, 6.45) is 0.703. The SMILES string of the molecule is Cn1c(CCCl)nc2ccc(F)cc21. The number of hydrogen-bond donors (Lipinski definition) is 0. The lowest BCUT2D eigenvalue weighted by Gasteiger charge is -1.98. The molecular formula is C10H10ClFN2. The standard InChI is InChI=1S/C10H10ClFN2/c1-14-9-6-7(12)2-3-8(9)13-10(14)4-5-11/h2-3,6H,4-5H2,1H3. The van der Waals surface area contributed by atoms with E-state index in [0.29, 0.717) is 12.3 Å². The molecule has 0 bridgehead atoms. The van der Waals surface area contributed by atoms with Gasteiger partial charge in [-0.2, -0.15) is 0 Å². The number of imidazole rings is 1. The van der Waals surface area contributed by atoms with Crippen LogP contribution in [0.4, 0.5) is 4.39 Å². The number of aryl methyl sites for hydroxylation is 2. The van der Waals surface area contributed by atoms with Gasteiger partial charge in [0.05, 0.1) is 11.0 Å². The second-order valence-electron chi connectivity index (χ2n) is 3.16. The number of alkyl halides is 1. The van der Waals surface area contributed by atoms with Crippen LogP contribution in [0.5, 0.6) is 0 Å². The molecule has 0 unspecified atom stereocenters. The van der Waals surface area contributed by atoms with Crippen molar-refractivity contribution in [2.75, 3.05) is 5.88 Å². The van der Waals surface area contributed by atoms with Crippen molar-refractivity contribution < 1.29 is 4.39 Å². The molecular weight excluding hydrogens is 203 g/mol. The summed E-state index contributed by atoms with van der Waals surface area (Å²) in [5.41, 5.74) is 1.62. The third kappa shape index (κ3) is 1.48. The maximum absolute atomic E-state index is 12.9. The van der Waals surface area contributed by atoms with Crippen molar-refractivity contribution in [3.05, 3.63) is 29.8 Å². The number of hydrogen-bond acceptors (Lipinski definition) is 1. The third-order valence-electron chi connectivity index (χ3n) is 2.25. The number of halogens is 2. The van der Waals surface area contributed by atoms with Crippen LogP contribution in [0.1, 0.15) is 5.82 Å². The van der Waals surface area contributed by atoms with Gasteiger partial charge in [0.25, 0.3) is 0 Å². The minimum atomic E-state index is -0.238. The molecule has 0 aliphatic carbocycles. The fraction of sp³-hybridized carbons (Fsp3) is 0.300. The quantitative estimate of drug-likeness (QED) is 0.700. The minimum absolute atomic E-state index is 0.238. The number of fused-ring (bicyclic) bond motifs is 1. The molecule has 0 radical (unpaired) electrons. The molecule has 0 saturated heterocycles. The smallest absolute Gasteiger partial charge is 0.125 e. The first-order chi connectivity index (χ1) is 6.72. The maximum Gasteiger partial charge on any atom is 0.125 e. The predicted molar refractivity (Wildman–Crippen MR) is 55.1 cm³/mol. The van der Waals surface area contributed by atoms with Crippen LogP contribution in [-0.2, 0) is 13.5 Å². The van der Waals surface area contributed by atoms with Crippen molar-refractivity contribution in [3.63, 3.8) is 0 Å². The van der Waals surface area contributed by atoms with E-state index in [2.05, 4.69) is 4.98 Å². The van der Waals surface area contributed by atoms with Gasteiger partial charge in [0, 0.05) is 19.3 Å². The number of nitrogens with zero attached hydrogens (tertiary/aromatic N) is 2. The molecule has 0 atom stereocenters. The van der Waals surface area contributed by atoms with E-state index in [1.807, 2.05) is 11.6 Å². The van der Waals surface area contributed by atoms with Gasteiger partial charge in [0.15, 0.2) is 0 Å². The van der Waals surface area contributed by atoms with Gasteiger partial charge in [-0.3, -0.25) is 0 Å². The molecule has 0 amide bonds. The van der Waals surface area contributed by atoms with E-state index >= 15 is 0 Å². The summed E-state index contributed by atoms with van der Waals surface area (Å²) in [4.78, 5) is 4.35. The Balaban J connectivity index is 2.62. The molecule has 2 rings (SSSR count). The Hall–Kier alpha value is -1.09. The Bertz CT molecular complexity index is 464. The van der Waals surface area contributed by atoms with E-state index in [0.717, 1.165) is 16.9 Å². The molecule has 14 heavy (non-hydrogen) atoms. The fourth-order valence-corrected chi connectivity index (χ4v) is 1.69. The first-order valence-electron chi connectivity index (χ1n) is 4.39. The molecule has 0 spiro atoms. The van der Waals surface area contributed by atoms with Gasteiger partial charge in [-0.15, -0.1) is 11.6 Å². The summed E-state index contributed by atoms with van der Waals surface area (Å²) < 4.78 is 14.8. The highest BCUT2D eigenvalue weighted by Crippen LogP contribution is 2.16. The molecule has 0 fully saturated rings. The Morgan fingerprint density at radius 1 is 1.50 bits per heavy atom. The van der Waals surface area contributed by atoms with E-state index in [-0.39, 0.29) is 5.82 Å². The van der Waals surface area contributed by atoms with Gasteiger partial charge in [-0.05, 0) is 18.2 Å². The van der Waals surface area contributed by atoms with Crippen molar-refractivity contribution in [1.82, 2.24) is 9.55 Å². The molecule has 1 heterocycles. The average molecular weight is 213 g/mol. The monoisotopic (exact) mass is 212 g/mol. The molecule has 2 aromatic rings. The summed E-state index contributed by atoms with van der Waals surface area (Å²) in [7, 11) is 1.87. The van der Waals surface area contributed by atoms with Crippen LogP contribution < -0.4 is 0 Å². The highest BCUT2D eigenvalue weighted by atomic mass is 35.5. The molecule has 0 saturated carbocycles. The summed E-state index contributed by atoms with van der Waals surface area (Å²) in [5.74, 6) is 1.18. The Morgan fingerprint density at radius 3 is 3.00 bits per heavy atom. The summed E-state index contributed by atoms with van der Waals surface area (Å²) in [6, 6.07) is 4.59. The summed E-state index contributed by atoms with van der Waals surface area (Å²) in [5, 5.41) is 0. The van der Waals surface area contributed by atoms with Crippen molar-refractivity contribution in [1.29, 1.82) is 0 Å². The molecule has 0 aliphatic rings. The molecule has 4 heteroatoms. The lowest BCUT2D eigenvalue weighted by Crippen LogP contribution is -1.98. The van der Waals surface area contributed by atoms with Crippen LogP contribution in [0.2, 0.25) is 0 Å². The van der Waals surface area contributed by atoms with Crippen LogP contribution in [0.3, 0.4) is 0 Å². The predicted octanol–water partition coefficient (Wildman–Crippen LogP) is 2.49. The van der Waals surface area contributed by atoms with Crippen molar-refractivity contribution in [2.24, 2.45) is 7.05 Å². The van der Waals surface area contributed by atoms with Crippen LogP contribution >= 0.6 is 11.6 Å². The zero-order valence-electron chi connectivity index (χ0n) is 7.80. The Morgan fingerprint density at radius 2 is 2.29 bits per heavy atom. The Kier molecular flexibility index (Phi) is 2.42. The molecule has 2 nitrogen and oxygen atoms in total. The minimum Gasteiger partial charge on any atom is -0.331 e. The van der Waals surface area contributed by atoms with Gasteiger partial charge in [0.2, 0.25) is 0 Å². The first-order valence-corrected chi connectivity index (χ1v) is 4.92. The van der Waals surface area contributed by atoms with E-state index in [1.54, 1.807) is 6.07 Å². The van der Waals surface area contributed by atoms with Crippen LogP contribution in [0.15, 0.2) is 18.2 Å². The molecule has 1 aromatic carbocycles. The summed E-state index contributed by atoms with van der Waals surface area (Å²) >= 11 is 5.64. The molecule has 0 N–H and O–H groups in total. The Labute approximate surface area is 86.3 Å². The largest absolute Gasteiger partial charge is 0.331 e. The lowest BCUT2D eigenvalue weighted by atomic mass is 10.3. The average Bonchev–Trinajstić information content (AvgIpc) is 2.46. The fourth-order valence-electron chi connectivity index (χ4n) is 1.52. The number of aromatic nitrogens is 2. The van der Waals surface area contributed by atoms with E-state index in [1.165, 1.54) is 12.1 Å². The van der Waals surface area contributed by atoms with E-state index < -0.39 is 0 Å². The van der Waals surface area contributed by atoms with Gasteiger partial charge in [-0.25, -0.2) is 9.37 Å². The highest BCUT2D eigenvalue weighted by molar-refractivity contribution is 6.17. The van der Waals surface area contributed by atoms with E-state index in [9.17, 15) is 4.39 Å². The van der Waals surface area contributed by atoms with Gasteiger partial charge in [0.1, 0.15) is 11.6 Å². The third-order valence-corrected chi connectivity index (χ3v) is 2.44. The second-order valence-corrected chi connectivity index (χ2v) is 3.54. The normalized spacial score (nSPS) is 11.1. The topological polar surface area (TPSA) is 17.8 Å². The molecule has 74 valence electrons. The zero-order valence-corrected chi connectivity index (χ0v) is 8.55. The van der Waals surface area contributed by atoms with Gasteiger partial charge < -0.3 is 4.57 Å². The van der Waals surface area contributed by atoms with Crippen LogP contribution in [-0.4, -0.2) is 15.4 Å². The van der Waals surface area contributed by atoms with Crippen LogP contribution in [0, 0.1) is 5.82 Å². The number of benzene rings is 1. The van der Waals surface area contributed by atoms with Gasteiger partial charge in [-0.1, -0.05) is 0 Å². The lowest BCUT2D eigenvalue weighted by molar-refractivity contribution is 0.628. The summed E-state index contributed by atoms with van der Waals surface area (Å²) in [6.45, 7) is 0. The highest BCUT2D eigenvalue weighted by Gasteiger charge is 2.07. The molecule has 1 aromatic heterocycles. The van der Waals surface area contributed by atoms with E-state index in [4.69, 9.17) is 11.6 Å². The van der Waals surface area contributed by atoms with Crippen molar-refractivity contribution in [3.8, 4) is 0 Å². The maximum atomic E-state index is 12.9. The first kappa shape index (κ1) is 9.46. The number of rotatable bonds is 2.